The van der Waals surface area contributed by atoms with Crippen LogP contribution in [-0.4, -0.2) is 18.0 Å². The quantitative estimate of drug-likeness (QED) is 0.752. The minimum Gasteiger partial charge on any atom is -0.458 e. The molecular formula is C14H18O4. The van der Waals surface area contributed by atoms with Crippen molar-refractivity contribution in [1.82, 2.24) is 0 Å². The van der Waals surface area contributed by atoms with Crippen molar-refractivity contribution < 1.29 is 19.1 Å². The maximum Gasteiger partial charge on any atom is 0.348 e. The standard InChI is InChI=1S/C14H18O4/c1-10(2)13(18-11(3)15)14(16)17-9-12-7-5-4-6-8-12/h4-8,10,13H,9H2,1-3H3/t13-/m1/s1. The highest BCUT2D eigenvalue weighted by Crippen LogP contribution is 2.11. The number of rotatable bonds is 5. The minimum absolute atomic E-state index is 0.114. The van der Waals surface area contributed by atoms with E-state index in [9.17, 15) is 9.59 Å². The molecule has 0 fully saturated rings. The Kier molecular flexibility index (Phi) is 5.36. The SMILES string of the molecule is CC(=O)O[C@@H](C(=O)OCc1ccccc1)C(C)C. The molecule has 0 heterocycles. The van der Waals surface area contributed by atoms with Crippen molar-refractivity contribution in [3.8, 4) is 0 Å². The van der Waals surface area contributed by atoms with Crippen molar-refractivity contribution in [2.45, 2.75) is 33.5 Å². The molecule has 0 saturated carbocycles. The highest BCUT2D eigenvalue weighted by atomic mass is 16.6. The molecule has 98 valence electrons. The van der Waals surface area contributed by atoms with E-state index in [0.717, 1.165) is 5.56 Å². The summed E-state index contributed by atoms with van der Waals surface area (Å²) < 4.78 is 10.1. The minimum atomic E-state index is -0.841. The zero-order valence-electron chi connectivity index (χ0n) is 10.9. The zero-order valence-corrected chi connectivity index (χ0v) is 10.9. The molecule has 4 nitrogen and oxygen atoms in total. The van der Waals surface area contributed by atoms with Crippen LogP contribution in [0.25, 0.3) is 0 Å². The Hall–Kier alpha value is -1.84. The summed E-state index contributed by atoms with van der Waals surface area (Å²) in [5, 5.41) is 0. The summed E-state index contributed by atoms with van der Waals surface area (Å²) in [6, 6.07) is 9.36. The van der Waals surface area contributed by atoms with Gasteiger partial charge in [-0.15, -0.1) is 0 Å². The van der Waals surface area contributed by atoms with Crippen LogP contribution in [0.5, 0.6) is 0 Å². The highest BCUT2D eigenvalue weighted by Gasteiger charge is 2.26. The van der Waals surface area contributed by atoms with Gasteiger partial charge in [0.2, 0.25) is 6.10 Å². The van der Waals surface area contributed by atoms with Crippen LogP contribution in [0.4, 0.5) is 0 Å². The van der Waals surface area contributed by atoms with Crippen LogP contribution >= 0.6 is 0 Å². The van der Waals surface area contributed by atoms with E-state index in [1.54, 1.807) is 13.8 Å². The second kappa shape index (κ2) is 6.79. The smallest absolute Gasteiger partial charge is 0.348 e. The first-order valence-corrected chi connectivity index (χ1v) is 5.88. The first-order valence-electron chi connectivity index (χ1n) is 5.88. The fraction of sp³-hybridized carbons (Fsp3) is 0.429. The summed E-state index contributed by atoms with van der Waals surface area (Å²) in [4.78, 5) is 22.7. The van der Waals surface area contributed by atoms with E-state index in [4.69, 9.17) is 9.47 Å². The lowest BCUT2D eigenvalue weighted by Gasteiger charge is -2.19. The van der Waals surface area contributed by atoms with E-state index < -0.39 is 18.0 Å². The van der Waals surface area contributed by atoms with Gasteiger partial charge in [-0.3, -0.25) is 4.79 Å². The van der Waals surface area contributed by atoms with Gasteiger partial charge in [-0.25, -0.2) is 4.79 Å². The monoisotopic (exact) mass is 250 g/mol. The molecule has 0 aliphatic carbocycles. The lowest BCUT2D eigenvalue weighted by atomic mass is 10.1. The fourth-order valence-electron chi connectivity index (χ4n) is 1.45. The number of hydrogen-bond donors (Lipinski definition) is 0. The highest BCUT2D eigenvalue weighted by molar-refractivity contribution is 5.78. The molecule has 0 saturated heterocycles. The number of carbonyl (C=O) groups is 2. The predicted octanol–water partition coefficient (Wildman–Crippen LogP) is 2.32. The lowest BCUT2D eigenvalue weighted by molar-refractivity contribution is -0.170. The van der Waals surface area contributed by atoms with Gasteiger partial charge in [0.05, 0.1) is 0 Å². The van der Waals surface area contributed by atoms with Gasteiger partial charge in [-0.05, 0) is 5.56 Å². The molecule has 0 radical (unpaired) electrons. The Morgan fingerprint density at radius 3 is 2.28 bits per heavy atom. The molecule has 1 rings (SSSR count). The predicted molar refractivity (Wildman–Crippen MR) is 66.6 cm³/mol. The summed E-state index contributed by atoms with van der Waals surface area (Å²) in [5.41, 5.74) is 0.899. The van der Waals surface area contributed by atoms with E-state index >= 15 is 0 Å². The third-order valence-electron chi connectivity index (χ3n) is 2.35. The Balaban J connectivity index is 2.54. The Labute approximate surface area is 107 Å². The Morgan fingerprint density at radius 2 is 1.78 bits per heavy atom. The average molecular weight is 250 g/mol. The van der Waals surface area contributed by atoms with Crippen LogP contribution in [0.1, 0.15) is 26.3 Å². The van der Waals surface area contributed by atoms with Gasteiger partial charge < -0.3 is 9.47 Å². The second-order valence-corrected chi connectivity index (χ2v) is 4.37. The van der Waals surface area contributed by atoms with Crippen molar-refractivity contribution in [2.75, 3.05) is 0 Å². The van der Waals surface area contributed by atoms with E-state index in [1.807, 2.05) is 30.3 Å². The van der Waals surface area contributed by atoms with Gasteiger partial charge in [0.25, 0.3) is 0 Å². The van der Waals surface area contributed by atoms with E-state index in [-0.39, 0.29) is 12.5 Å². The van der Waals surface area contributed by atoms with Crippen LogP contribution in [0, 0.1) is 5.92 Å². The van der Waals surface area contributed by atoms with Crippen LogP contribution < -0.4 is 0 Å². The molecule has 0 unspecified atom stereocenters. The zero-order chi connectivity index (χ0) is 13.5. The molecule has 0 aromatic heterocycles. The number of ether oxygens (including phenoxy) is 2. The molecule has 0 bridgehead atoms. The molecule has 1 aromatic carbocycles. The first-order chi connectivity index (χ1) is 8.50. The summed E-state index contributed by atoms with van der Waals surface area (Å²) >= 11 is 0. The van der Waals surface area contributed by atoms with Crippen molar-refractivity contribution in [2.24, 2.45) is 5.92 Å². The molecule has 1 atom stereocenters. The maximum absolute atomic E-state index is 11.8. The topological polar surface area (TPSA) is 52.6 Å². The third kappa shape index (κ3) is 4.57. The number of benzene rings is 1. The Morgan fingerprint density at radius 1 is 1.17 bits per heavy atom. The number of esters is 2. The number of carbonyl (C=O) groups excluding carboxylic acids is 2. The van der Waals surface area contributed by atoms with E-state index in [0.29, 0.717) is 0 Å². The van der Waals surface area contributed by atoms with E-state index in [1.165, 1.54) is 6.92 Å². The molecule has 0 N–H and O–H groups in total. The third-order valence-corrected chi connectivity index (χ3v) is 2.35. The Bertz CT molecular complexity index is 398. The summed E-state index contributed by atoms with van der Waals surface area (Å²) in [5.74, 6) is -1.11. The summed E-state index contributed by atoms with van der Waals surface area (Å²) in [6.07, 6.45) is -0.841. The van der Waals surface area contributed by atoms with Gasteiger partial charge in [0.1, 0.15) is 6.61 Å². The van der Waals surface area contributed by atoms with Crippen molar-refractivity contribution in [1.29, 1.82) is 0 Å². The lowest BCUT2D eigenvalue weighted by Crippen LogP contribution is -2.33. The number of hydrogen-bond acceptors (Lipinski definition) is 4. The van der Waals surface area contributed by atoms with Gasteiger partial charge in [0, 0.05) is 12.8 Å². The van der Waals surface area contributed by atoms with Gasteiger partial charge in [0.15, 0.2) is 0 Å². The van der Waals surface area contributed by atoms with Gasteiger partial charge >= 0.3 is 11.9 Å². The van der Waals surface area contributed by atoms with E-state index in [2.05, 4.69) is 0 Å². The molecule has 0 amide bonds. The van der Waals surface area contributed by atoms with Gasteiger partial charge in [-0.2, -0.15) is 0 Å². The van der Waals surface area contributed by atoms with Crippen LogP contribution in [-0.2, 0) is 25.7 Å². The molecule has 1 aromatic rings. The largest absolute Gasteiger partial charge is 0.458 e. The van der Waals surface area contributed by atoms with Crippen molar-refractivity contribution >= 4 is 11.9 Å². The van der Waals surface area contributed by atoms with Crippen LogP contribution in [0.15, 0.2) is 30.3 Å². The molecule has 18 heavy (non-hydrogen) atoms. The molecule has 0 aliphatic rings. The van der Waals surface area contributed by atoms with Crippen molar-refractivity contribution in [3.63, 3.8) is 0 Å². The fourth-order valence-corrected chi connectivity index (χ4v) is 1.45. The maximum atomic E-state index is 11.8. The normalized spacial score (nSPS) is 12.0. The molecule has 0 spiro atoms. The second-order valence-electron chi connectivity index (χ2n) is 4.37. The first kappa shape index (κ1) is 14.2. The van der Waals surface area contributed by atoms with Gasteiger partial charge in [-0.1, -0.05) is 44.2 Å². The van der Waals surface area contributed by atoms with Crippen LogP contribution in [0.3, 0.4) is 0 Å². The van der Waals surface area contributed by atoms with Crippen molar-refractivity contribution in [3.05, 3.63) is 35.9 Å². The molecular weight excluding hydrogens is 232 g/mol. The summed E-state index contributed by atoms with van der Waals surface area (Å²) in [7, 11) is 0. The molecule has 0 aliphatic heterocycles. The van der Waals surface area contributed by atoms with Crippen LogP contribution in [0.2, 0.25) is 0 Å². The molecule has 4 heteroatoms. The summed E-state index contributed by atoms with van der Waals surface area (Å²) in [6.45, 7) is 5.07. The average Bonchev–Trinajstić information content (AvgIpc) is 2.34.